The third kappa shape index (κ3) is 5.19. The number of piperidine rings is 1. The summed E-state index contributed by atoms with van der Waals surface area (Å²) in [5.74, 6) is 0.844. The first kappa shape index (κ1) is 22.5. The van der Waals surface area contributed by atoms with E-state index in [-0.39, 0.29) is 21.5 Å². The van der Waals surface area contributed by atoms with Crippen molar-refractivity contribution in [1.82, 2.24) is 14.7 Å². The van der Waals surface area contributed by atoms with Crippen LogP contribution in [-0.4, -0.2) is 37.5 Å². The lowest BCUT2D eigenvalue weighted by Gasteiger charge is -2.32. The van der Waals surface area contributed by atoms with Crippen molar-refractivity contribution in [3.05, 3.63) is 64.9 Å². The van der Waals surface area contributed by atoms with Crippen molar-refractivity contribution in [2.45, 2.75) is 17.2 Å². The highest BCUT2D eigenvalue weighted by atomic mass is 35.5. The van der Waals surface area contributed by atoms with E-state index in [2.05, 4.69) is 19.4 Å². The first-order chi connectivity index (χ1) is 15.5. The van der Waals surface area contributed by atoms with E-state index in [1.165, 1.54) is 30.1 Å². The molecule has 4 rings (SSSR count). The maximum absolute atomic E-state index is 12.6. The molecule has 2 N–H and O–H groups in total. The third-order valence-corrected chi connectivity index (χ3v) is 7.62. The van der Waals surface area contributed by atoms with Crippen molar-refractivity contribution in [2.75, 3.05) is 24.4 Å². The maximum Gasteiger partial charge on any atom is 0.263 e. The Morgan fingerprint density at radius 1 is 1.28 bits per heavy atom. The van der Waals surface area contributed by atoms with Gasteiger partial charge in [0.05, 0.1) is 17.1 Å². The molecule has 2 heterocycles. The Morgan fingerprint density at radius 3 is 2.81 bits per heavy atom. The van der Waals surface area contributed by atoms with E-state index in [0.29, 0.717) is 23.3 Å². The summed E-state index contributed by atoms with van der Waals surface area (Å²) in [6.07, 6.45) is 2.23. The van der Waals surface area contributed by atoms with E-state index >= 15 is 0 Å². The second-order valence-corrected chi connectivity index (χ2v) is 10.2. The molecule has 1 aromatic heterocycles. The molecule has 32 heavy (non-hydrogen) atoms. The average molecular weight is 490 g/mol. The van der Waals surface area contributed by atoms with Crippen molar-refractivity contribution in [3.8, 4) is 11.8 Å². The molecule has 0 spiro atoms. The summed E-state index contributed by atoms with van der Waals surface area (Å²) in [6.45, 7) is 2.10. The third-order valence-electron chi connectivity index (χ3n) is 5.32. The lowest BCUT2D eigenvalue weighted by atomic mass is 9.81. The zero-order valence-electron chi connectivity index (χ0n) is 16.9. The molecule has 166 valence electrons. The van der Waals surface area contributed by atoms with Gasteiger partial charge in [-0.2, -0.15) is 9.64 Å². The van der Waals surface area contributed by atoms with Gasteiger partial charge in [0, 0.05) is 29.0 Å². The number of sulfonamides is 1. The largest absolute Gasteiger partial charge is 0.492 e. The molecule has 0 bridgehead atoms. The van der Waals surface area contributed by atoms with Gasteiger partial charge in [-0.15, -0.1) is 0 Å². The Morgan fingerprint density at radius 2 is 2.09 bits per heavy atom. The zero-order valence-corrected chi connectivity index (χ0v) is 19.3. The highest BCUT2D eigenvalue weighted by Crippen LogP contribution is 2.32. The molecule has 1 saturated heterocycles. The Hall–Kier alpha value is -2.71. The molecule has 3 aromatic rings. The number of rotatable bonds is 7. The van der Waals surface area contributed by atoms with Gasteiger partial charge >= 0.3 is 0 Å². The van der Waals surface area contributed by atoms with Crippen molar-refractivity contribution < 1.29 is 13.2 Å². The van der Waals surface area contributed by atoms with Gasteiger partial charge in [-0.1, -0.05) is 23.7 Å². The lowest BCUT2D eigenvalue weighted by molar-refractivity contribution is 0.196. The molecular weight excluding hydrogens is 470 g/mol. The van der Waals surface area contributed by atoms with Crippen molar-refractivity contribution in [1.29, 1.82) is 5.26 Å². The van der Waals surface area contributed by atoms with Crippen LogP contribution in [0.5, 0.6) is 5.75 Å². The molecule has 11 heteroatoms. The average Bonchev–Trinajstić information content (AvgIpc) is 3.30. The molecule has 2 aromatic carbocycles. The topological polar surface area (TPSA) is 117 Å². The molecule has 1 aliphatic heterocycles. The molecule has 0 saturated carbocycles. The highest BCUT2D eigenvalue weighted by molar-refractivity contribution is 7.93. The second-order valence-electron chi connectivity index (χ2n) is 7.34. The van der Waals surface area contributed by atoms with Gasteiger partial charge in [-0.3, -0.25) is 4.72 Å². The van der Waals surface area contributed by atoms with Crippen LogP contribution >= 0.6 is 23.1 Å². The van der Waals surface area contributed by atoms with E-state index in [1.54, 1.807) is 0 Å². The van der Waals surface area contributed by atoms with Crippen LogP contribution in [0.3, 0.4) is 0 Å². The Kier molecular flexibility index (Phi) is 6.91. The number of halogens is 1. The number of nitrogens with one attached hydrogen (secondary N) is 2. The van der Waals surface area contributed by atoms with Crippen molar-refractivity contribution in [3.63, 3.8) is 0 Å². The van der Waals surface area contributed by atoms with Crippen LogP contribution < -0.4 is 14.8 Å². The molecular formula is C21H20ClN5O3S2. The van der Waals surface area contributed by atoms with E-state index in [4.69, 9.17) is 16.3 Å². The summed E-state index contributed by atoms with van der Waals surface area (Å²) in [5, 5.41) is 13.8. The summed E-state index contributed by atoms with van der Waals surface area (Å²) >= 11 is 6.95. The van der Waals surface area contributed by atoms with E-state index < -0.39 is 10.0 Å². The fourth-order valence-electron chi connectivity index (χ4n) is 3.73. The van der Waals surface area contributed by atoms with E-state index in [9.17, 15) is 13.7 Å². The summed E-state index contributed by atoms with van der Waals surface area (Å²) < 4.78 is 37.2. The van der Waals surface area contributed by atoms with E-state index in [0.717, 1.165) is 31.0 Å². The number of ether oxygens (including phenoxy) is 1. The lowest BCUT2D eigenvalue weighted by Crippen LogP contribution is -2.38. The van der Waals surface area contributed by atoms with Crippen molar-refractivity contribution in [2.24, 2.45) is 5.92 Å². The summed E-state index contributed by atoms with van der Waals surface area (Å²) in [7, 11) is -3.89. The normalized spacial score (nSPS) is 18.6. The van der Waals surface area contributed by atoms with Crippen LogP contribution in [-0.2, 0) is 10.0 Å². The molecule has 8 nitrogen and oxygen atoms in total. The number of nitrogens with zero attached hydrogens (tertiary/aromatic N) is 3. The Bertz CT molecular complexity index is 1210. The Balaban J connectivity index is 1.49. The molecule has 1 unspecified atom stereocenters. The fraction of sp³-hybridized carbons (Fsp3) is 0.286. The van der Waals surface area contributed by atoms with Gasteiger partial charge in [-0.25, -0.2) is 13.4 Å². The highest BCUT2D eigenvalue weighted by Gasteiger charge is 2.27. The molecule has 2 atom stereocenters. The van der Waals surface area contributed by atoms with Crippen LogP contribution in [0.15, 0.2) is 53.7 Å². The number of aromatic nitrogens is 2. The van der Waals surface area contributed by atoms with Crippen LogP contribution in [0.4, 0.5) is 5.13 Å². The molecule has 0 aliphatic carbocycles. The number of nitriles is 1. The fourth-order valence-corrected chi connectivity index (χ4v) is 5.54. The van der Waals surface area contributed by atoms with Gasteiger partial charge in [0.15, 0.2) is 0 Å². The van der Waals surface area contributed by atoms with Gasteiger partial charge in [0.25, 0.3) is 10.0 Å². The summed E-state index contributed by atoms with van der Waals surface area (Å²) in [4.78, 5) is 3.77. The minimum atomic E-state index is -3.89. The van der Waals surface area contributed by atoms with Gasteiger partial charge in [0.2, 0.25) is 5.13 Å². The second kappa shape index (κ2) is 9.83. The number of anilines is 1. The quantitative estimate of drug-likeness (QED) is 0.520. The van der Waals surface area contributed by atoms with Gasteiger partial charge in [-0.05, 0) is 54.8 Å². The first-order valence-electron chi connectivity index (χ1n) is 9.89. The first-order valence-corrected chi connectivity index (χ1v) is 12.5. The predicted octanol–water partition coefficient (Wildman–Crippen LogP) is 3.64. The van der Waals surface area contributed by atoms with Crippen LogP contribution in [0.2, 0.25) is 5.02 Å². The number of benzene rings is 2. The van der Waals surface area contributed by atoms with Crippen LogP contribution in [0.1, 0.15) is 23.5 Å². The summed E-state index contributed by atoms with van der Waals surface area (Å²) in [5.41, 5.74) is 1.35. The SMILES string of the molecule is N#Cc1cc(S(=O)(=O)Nc2ncns2)ccc1OCC1CNCC[C@H]1c1ccc(Cl)cc1. The molecule has 0 radical (unpaired) electrons. The van der Waals surface area contributed by atoms with E-state index in [1.807, 2.05) is 30.3 Å². The molecule has 1 aliphatic rings. The minimum Gasteiger partial charge on any atom is -0.492 e. The predicted molar refractivity (Wildman–Crippen MR) is 123 cm³/mol. The van der Waals surface area contributed by atoms with Gasteiger partial charge in [0.1, 0.15) is 18.1 Å². The monoisotopic (exact) mass is 489 g/mol. The van der Waals surface area contributed by atoms with Crippen LogP contribution in [0, 0.1) is 17.2 Å². The minimum absolute atomic E-state index is 0.0463. The van der Waals surface area contributed by atoms with Gasteiger partial charge < -0.3 is 10.1 Å². The molecule has 0 amide bonds. The zero-order chi connectivity index (χ0) is 22.6. The number of hydrogen-bond donors (Lipinski definition) is 2. The summed E-state index contributed by atoms with van der Waals surface area (Å²) in [6, 6.07) is 14.1. The number of hydrogen-bond acceptors (Lipinski definition) is 8. The maximum atomic E-state index is 12.6. The molecule has 1 fully saturated rings. The standard InChI is InChI=1S/C21H20ClN5O3S2/c22-17-3-1-14(2-4-17)19-7-8-24-11-16(19)12-30-20-6-5-18(9-15(20)10-23)32(28,29)27-21-25-13-26-31-21/h1-6,9,13,16,19,24H,7-8,11-12H2,(H,25,26,27)/t16?,19-/m0/s1. The van der Waals surface area contributed by atoms with Crippen LogP contribution in [0.25, 0.3) is 0 Å². The van der Waals surface area contributed by atoms with Crippen molar-refractivity contribution >= 4 is 38.3 Å². The Labute approximate surface area is 195 Å². The smallest absolute Gasteiger partial charge is 0.263 e.